The Kier molecular flexibility index (Phi) is 4.17. The molecule has 0 unspecified atom stereocenters. The van der Waals surface area contributed by atoms with Gasteiger partial charge in [-0.2, -0.15) is 16.4 Å². The fourth-order valence-corrected chi connectivity index (χ4v) is 3.12. The molecule has 0 saturated carbocycles. The number of para-hydroxylation sites is 1. The monoisotopic (exact) mass is 293 g/mol. The van der Waals surface area contributed by atoms with Crippen molar-refractivity contribution in [1.82, 2.24) is 20.2 Å². The van der Waals surface area contributed by atoms with Crippen LogP contribution in [0.15, 0.2) is 35.5 Å². The van der Waals surface area contributed by atoms with Crippen molar-refractivity contribution in [2.24, 2.45) is 11.8 Å². The molecule has 0 fully saturated rings. The van der Waals surface area contributed by atoms with Crippen LogP contribution in [0.5, 0.6) is 0 Å². The lowest BCUT2D eigenvalue weighted by atomic mass is 10.0. The van der Waals surface area contributed by atoms with E-state index < -0.39 is 9.84 Å². The minimum absolute atomic E-state index is 0.0825. The molecular formula is C13H17N4O2S-. The number of nitrogens with zero attached hydrogens (tertiary/aromatic N) is 4. The summed E-state index contributed by atoms with van der Waals surface area (Å²) in [6, 6.07) is 8.94. The van der Waals surface area contributed by atoms with Crippen LogP contribution in [0.4, 0.5) is 0 Å². The molecule has 7 heteroatoms. The maximum absolute atomic E-state index is 12.4. The van der Waals surface area contributed by atoms with E-state index in [2.05, 4.69) is 15.5 Å². The first kappa shape index (κ1) is 14.6. The third-order valence-electron chi connectivity index (χ3n) is 3.14. The first-order valence-electron chi connectivity index (χ1n) is 6.35. The Morgan fingerprint density at radius 1 is 1.15 bits per heavy atom. The van der Waals surface area contributed by atoms with Gasteiger partial charge in [0.15, 0.2) is 0 Å². The number of aromatic nitrogens is 4. The average Bonchev–Trinajstić information content (AvgIpc) is 2.89. The molecule has 20 heavy (non-hydrogen) atoms. The van der Waals surface area contributed by atoms with E-state index >= 15 is 0 Å². The Balaban J connectivity index is 2.37. The molecule has 1 atom stereocenters. The number of benzene rings is 1. The van der Waals surface area contributed by atoms with E-state index in [0.29, 0.717) is 5.69 Å². The molecule has 1 aromatic heterocycles. The van der Waals surface area contributed by atoms with Crippen LogP contribution in [0, 0.1) is 17.6 Å². The molecule has 0 N–H and O–H groups in total. The molecule has 0 saturated heterocycles. The molecule has 2 aromatic rings. The van der Waals surface area contributed by atoms with E-state index in [1.165, 1.54) is 10.4 Å². The predicted molar refractivity (Wildman–Crippen MR) is 74.6 cm³/mol. The molecule has 0 aliphatic heterocycles. The molecule has 0 bridgehead atoms. The molecule has 2 rings (SSSR count). The molecule has 0 aliphatic rings. The zero-order chi connectivity index (χ0) is 14.8. The smallest absolute Gasteiger partial charge is 0.241 e. The second kappa shape index (κ2) is 5.70. The molecular weight excluding hydrogens is 276 g/mol. The van der Waals surface area contributed by atoms with Gasteiger partial charge in [-0.25, -0.2) is 0 Å². The summed E-state index contributed by atoms with van der Waals surface area (Å²) >= 11 is 0. The topological polar surface area (TPSA) is 77.7 Å². The van der Waals surface area contributed by atoms with Crippen LogP contribution in [-0.2, 0) is 9.84 Å². The number of tetrazole rings is 1. The van der Waals surface area contributed by atoms with Gasteiger partial charge in [0, 0.05) is 0 Å². The Hall–Kier alpha value is -1.76. The van der Waals surface area contributed by atoms with E-state index in [1.54, 1.807) is 24.3 Å². The Morgan fingerprint density at radius 2 is 1.80 bits per heavy atom. The van der Waals surface area contributed by atoms with Crippen LogP contribution < -0.4 is 0 Å². The van der Waals surface area contributed by atoms with Crippen LogP contribution in [0.25, 0.3) is 5.69 Å². The molecule has 6 nitrogen and oxygen atoms in total. The molecule has 0 aliphatic carbocycles. The lowest BCUT2D eigenvalue weighted by Crippen LogP contribution is -2.17. The lowest BCUT2D eigenvalue weighted by molar-refractivity contribution is 0.482. The van der Waals surface area contributed by atoms with Gasteiger partial charge in [0.05, 0.1) is 15.5 Å². The highest BCUT2D eigenvalue weighted by molar-refractivity contribution is 7.93. The van der Waals surface area contributed by atoms with Crippen molar-refractivity contribution in [3.8, 4) is 5.69 Å². The zero-order valence-electron chi connectivity index (χ0n) is 11.6. The summed E-state index contributed by atoms with van der Waals surface area (Å²) in [5, 5.41) is 10.7. The molecule has 0 spiro atoms. The minimum Gasteiger partial charge on any atom is -0.254 e. The fraction of sp³-hybridized carbons (Fsp3) is 0.385. The first-order valence-corrected chi connectivity index (χ1v) is 7.90. The predicted octanol–water partition coefficient (Wildman–Crippen LogP) is 1.89. The highest BCUT2D eigenvalue weighted by Crippen LogP contribution is 2.22. The van der Waals surface area contributed by atoms with Crippen molar-refractivity contribution in [3.05, 3.63) is 36.1 Å². The van der Waals surface area contributed by atoms with Gasteiger partial charge < -0.3 is 0 Å². The second-order valence-corrected chi connectivity index (χ2v) is 6.72. The summed E-state index contributed by atoms with van der Waals surface area (Å²) in [6.07, 6.45) is 0. The molecule has 1 heterocycles. The van der Waals surface area contributed by atoms with Crippen molar-refractivity contribution in [2.45, 2.75) is 25.9 Å². The van der Waals surface area contributed by atoms with Crippen molar-refractivity contribution in [2.75, 3.05) is 0 Å². The van der Waals surface area contributed by atoms with Gasteiger partial charge >= 0.3 is 0 Å². The largest absolute Gasteiger partial charge is 0.254 e. The SMILES string of the molecule is CC(C)[C@@H](C)[CH-]S(=O)(=O)c1nnnn1-c1ccccc1. The van der Waals surface area contributed by atoms with Gasteiger partial charge in [-0.3, -0.25) is 8.42 Å². The average molecular weight is 293 g/mol. The number of hydrogen-bond acceptors (Lipinski definition) is 5. The van der Waals surface area contributed by atoms with E-state index in [4.69, 9.17) is 0 Å². The van der Waals surface area contributed by atoms with Crippen LogP contribution in [0.3, 0.4) is 0 Å². The highest BCUT2D eigenvalue weighted by Gasteiger charge is 2.19. The van der Waals surface area contributed by atoms with Crippen molar-refractivity contribution in [1.29, 1.82) is 0 Å². The maximum atomic E-state index is 12.4. The van der Waals surface area contributed by atoms with E-state index in [-0.39, 0.29) is 17.0 Å². The summed E-state index contributed by atoms with van der Waals surface area (Å²) in [7, 11) is -3.64. The number of sulfone groups is 1. The van der Waals surface area contributed by atoms with E-state index in [9.17, 15) is 8.42 Å². The Morgan fingerprint density at radius 3 is 2.40 bits per heavy atom. The van der Waals surface area contributed by atoms with Crippen molar-refractivity contribution >= 4 is 9.84 Å². The first-order chi connectivity index (χ1) is 9.42. The standard InChI is InChI=1S/C13H17N4O2S/c1-10(2)11(3)9-20(18,19)13-14-15-16-17(13)12-7-5-4-6-8-12/h4-11H,1-3H3/q-1/t11-/m0/s1. The van der Waals surface area contributed by atoms with Crippen molar-refractivity contribution in [3.63, 3.8) is 0 Å². The summed E-state index contributed by atoms with van der Waals surface area (Å²) in [6.45, 7) is 5.80. The third kappa shape index (κ3) is 3.04. The summed E-state index contributed by atoms with van der Waals surface area (Å²) < 4.78 is 26.0. The number of rotatable bonds is 5. The summed E-state index contributed by atoms with van der Waals surface area (Å²) in [4.78, 5) is 0. The van der Waals surface area contributed by atoms with Gasteiger partial charge in [-0.15, -0.1) is 0 Å². The van der Waals surface area contributed by atoms with Gasteiger partial charge in [0.25, 0.3) is 0 Å². The summed E-state index contributed by atoms with van der Waals surface area (Å²) in [5.41, 5.74) is 0.613. The van der Waals surface area contributed by atoms with Crippen molar-refractivity contribution < 1.29 is 8.42 Å². The lowest BCUT2D eigenvalue weighted by Gasteiger charge is -2.24. The Labute approximate surface area is 118 Å². The fourth-order valence-electron chi connectivity index (χ4n) is 1.59. The van der Waals surface area contributed by atoms with Crippen LogP contribution >= 0.6 is 0 Å². The Bertz CT molecular complexity index is 665. The van der Waals surface area contributed by atoms with Crippen LogP contribution in [-0.4, -0.2) is 28.6 Å². The second-order valence-electron chi connectivity index (χ2n) is 4.99. The van der Waals surface area contributed by atoms with Crippen LogP contribution in [0.1, 0.15) is 20.8 Å². The third-order valence-corrected chi connectivity index (χ3v) is 4.69. The molecule has 0 radical (unpaired) electrons. The normalized spacial score (nSPS) is 13.6. The van der Waals surface area contributed by atoms with E-state index in [1.807, 2.05) is 26.8 Å². The summed E-state index contributed by atoms with van der Waals surface area (Å²) in [5.74, 6) is 1.45. The van der Waals surface area contributed by atoms with Gasteiger partial charge in [-0.05, 0) is 22.6 Å². The van der Waals surface area contributed by atoms with Gasteiger partial charge in [-0.1, -0.05) is 50.0 Å². The maximum Gasteiger partial charge on any atom is 0.241 e. The van der Waals surface area contributed by atoms with Gasteiger partial charge in [0.2, 0.25) is 5.16 Å². The molecule has 0 amide bonds. The van der Waals surface area contributed by atoms with E-state index in [0.717, 1.165) is 0 Å². The van der Waals surface area contributed by atoms with Crippen LogP contribution in [0.2, 0.25) is 0 Å². The molecule has 108 valence electrons. The minimum atomic E-state index is -3.64. The quantitative estimate of drug-likeness (QED) is 0.787. The number of hydrogen-bond donors (Lipinski definition) is 0. The molecule has 1 aromatic carbocycles. The highest BCUT2D eigenvalue weighted by atomic mass is 32.2. The van der Waals surface area contributed by atoms with Gasteiger partial charge in [0.1, 0.15) is 0 Å². The zero-order valence-corrected chi connectivity index (χ0v) is 12.4.